The lowest BCUT2D eigenvalue weighted by molar-refractivity contribution is -0.119. The average Bonchev–Trinajstić information content (AvgIpc) is 3.09. The molecular weight excluding hydrogens is 369 g/mol. The smallest absolute Gasteiger partial charge is 0.260 e. The van der Waals surface area contributed by atoms with E-state index in [1.807, 2.05) is 0 Å². The van der Waals surface area contributed by atoms with E-state index in [0.29, 0.717) is 16.8 Å². The number of aryl methyl sites for hydroxylation is 1. The predicted molar refractivity (Wildman–Crippen MR) is 87.2 cm³/mol. The minimum atomic E-state index is -3.03. The lowest BCUT2D eigenvalue weighted by Crippen LogP contribution is -2.34. The lowest BCUT2D eigenvalue weighted by atomic mass is 9.77. The molecule has 2 aromatic rings. The molecule has 4 nitrogen and oxygen atoms in total. The highest BCUT2D eigenvalue weighted by molar-refractivity contribution is 5.98. The lowest BCUT2D eigenvalue weighted by Gasteiger charge is -2.34. The van der Waals surface area contributed by atoms with Gasteiger partial charge in [-0.15, -0.1) is 0 Å². The molecule has 2 aliphatic rings. The van der Waals surface area contributed by atoms with Crippen LogP contribution in [0.25, 0.3) is 11.1 Å². The Morgan fingerprint density at radius 1 is 1.15 bits per heavy atom. The van der Waals surface area contributed by atoms with Crippen molar-refractivity contribution in [3.8, 4) is 11.1 Å². The molecule has 1 aromatic carbocycles. The minimum absolute atomic E-state index is 0.138. The molecule has 27 heavy (non-hydrogen) atoms. The maximum Gasteiger partial charge on any atom is 0.260 e. The highest BCUT2D eigenvalue weighted by Gasteiger charge is 2.61. The second-order valence-electron chi connectivity index (χ2n) is 7.21. The summed E-state index contributed by atoms with van der Waals surface area (Å²) in [7, 11) is 1.49. The van der Waals surface area contributed by atoms with Crippen molar-refractivity contribution in [3.05, 3.63) is 35.8 Å². The van der Waals surface area contributed by atoms with Crippen LogP contribution in [0, 0.1) is 11.7 Å². The standard InChI is InChI=1S/C18H16F5N3O/c1-26-15(24-16(27)12-8-18(12,22)23)13(9-2-4-11(19)5-3-9)14(25-26)10-6-17(20,21)7-10/h2-5,10,12H,6-8H2,1H3,(H,24,27)/t12-/m0/s1. The van der Waals surface area contributed by atoms with E-state index < -0.39 is 41.8 Å². The van der Waals surface area contributed by atoms with E-state index in [-0.39, 0.29) is 18.7 Å². The first-order valence-corrected chi connectivity index (χ1v) is 8.47. The van der Waals surface area contributed by atoms with Crippen LogP contribution in [0.5, 0.6) is 0 Å². The fourth-order valence-corrected chi connectivity index (χ4v) is 3.43. The molecule has 0 aliphatic heterocycles. The van der Waals surface area contributed by atoms with Gasteiger partial charge in [0.25, 0.3) is 5.92 Å². The fourth-order valence-electron chi connectivity index (χ4n) is 3.43. The van der Waals surface area contributed by atoms with Gasteiger partial charge in [0.2, 0.25) is 11.8 Å². The summed E-state index contributed by atoms with van der Waals surface area (Å²) in [5.41, 5.74) is 1.16. The van der Waals surface area contributed by atoms with Gasteiger partial charge in [0.15, 0.2) is 0 Å². The molecule has 9 heteroatoms. The van der Waals surface area contributed by atoms with Crippen LogP contribution in [-0.2, 0) is 11.8 Å². The van der Waals surface area contributed by atoms with E-state index in [1.54, 1.807) is 0 Å². The van der Waals surface area contributed by atoms with Gasteiger partial charge >= 0.3 is 0 Å². The largest absolute Gasteiger partial charge is 0.310 e. The summed E-state index contributed by atoms with van der Waals surface area (Å²) in [4.78, 5) is 12.1. The molecule has 1 aromatic heterocycles. The van der Waals surface area contributed by atoms with Crippen LogP contribution in [-0.4, -0.2) is 27.5 Å². The van der Waals surface area contributed by atoms with Crippen LogP contribution >= 0.6 is 0 Å². The van der Waals surface area contributed by atoms with Crippen molar-refractivity contribution in [3.63, 3.8) is 0 Å². The monoisotopic (exact) mass is 385 g/mol. The highest BCUT2D eigenvalue weighted by Crippen LogP contribution is 2.52. The van der Waals surface area contributed by atoms with Crippen molar-refractivity contribution in [2.45, 2.75) is 37.0 Å². The maximum absolute atomic E-state index is 13.3. The number of alkyl halides is 4. The zero-order valence-electron chi connectivity index (χ0n) is 14.3. The zero-order chi connectivity index (χ0) is 19.6. The molecule has 0 bridgehead atoms. The van der Waals surface area contributed by atoms with Crippen LogP contribution in [0.3, 0.4) is 0 Å². The van der Waals surface area contributed by atoms with Gasteiger partial charge in [0.1, 0.15) is 17.6 Å². The Morgan fingerprint density at radius 2 is 1.74 bits per heavy atom. The maximum atomic E-state index is 13.3. The number of rotatable bonds is 4. The number of amides is 1. The number of carbonyl (C=O) groups excluding carboxylic acids is 1. The summed E-state index contributed by atoms with van der Waals surface area (Å²) in [6.45, 7) is 0. The molecule has 1 heterocycles. The van der Waals surface area contributed by atoms with Crippen LogP contribution < -0.4 is 5.32 Å². The van der Waals surface area contributed by atoms with Gasteiger partial charge in [-0.1, -0.05) is 12.1 Å². The Labute approximate surface area is 151 Å². The van der Waals surface area contributed by atoms with Gasteiger partial charge in [0.05, 0.1) is 5.69 Å². The van der Waals surface area contributed by atoms with E-state index in [1.165, 1.54) is 36.0 Å². The summed E-state index contributed by atoms with van der Waals surface area (Å²) in [5.74, 6) is -8.94. The summed E-state index contributed by atoms with van der Waals surface area (Å²) in [6, 6.07) is 5.27. The fraction of sp³-hybridized carbons (Fsp3) is 0.444. The summed E-state index contributed by atoms with van der Waals surface area (Å²) < 4.78 is 67.6. The van der Waals surface area contributed by atoms with Gasteiger partial charge in [-0.05, 0) is 17.7 Å². The van der Waals surface area contributed by atoms with Crippen molar-refractivity contribution in [2.24, 2.45) is 13.0 Å². The number of nitrogens with one attached hydrogen (secondary N) is 1. The van der Waals surface area contributed by atoms with Crippen molar-refractivity contribution in [2.75, 3.05) is 5.32 Å². The Hall–Kier alpha value is -2.45. The third kappa shape index (κ3) is 3.19. The first kappa shape index (κ1) is 17.9. The molecule has 144 valence electrons. The van der Waals surface area contributed by atoms with Gasteiger partial charge in [-0.3, -0.25) is 9.48 Å². The van der Waals surface area contributed by atoms with E-state index in [0.717, 1.165) is 0 Å². The Morgan fingerprint density at radius 3 is 2.26 bits per heavy atom. The topological polar surface area (TPSA) is 46.9 Å². The van der Waals surface area contributed by atoms with Gasteiger partial charge in [0, 0.05) is 37.8 Å². The molecule has 0 spiro atoms. The first-order valence-electron chi connectivity index (χ1n) is 8.47. The van der Waals surface area contributed by atoms with Crippen molar-refractivity contribution < 1.29 is 26.7 Å². The number of hydrogen-bond donors (Lipinski definition) is 1. The van der Waals surface area contributed by atoms with E-state index in [9.17, 15) is 26.7 Å². The van der Waals surface area contributed by atoms with Crippen LogP contribution in [0.4, 0.5) is 27.8 Å². The van der Waals surface area contributed by atoms with E-state index in [4.69, 9.17) is 0 Å². The highest BCUT2D eigenvalue weighted by atomic mass is 19.3. The second kappa shape index (κ2) is 5.77. The summed E-state index contributed by atoms with van der Waals surface area (Å²) in [5, 5.41) is 6.71. The number of benzene rings is 1. The van der Waals surface area contributed by atoms with Crippen molar-refractivity contribution in [1.82, 2.24) is 9.78 Å². The molecule has 0 radical (unpaired) electrons. The number of aromatic nitrogens is 2. The van der Waals surface area contributed by atoms with E-state index >= 15 is 0 Å². The number of halogens is 5. The molecule has 4 rings (SSSR count). The molecule has 0 unspecified atom stereocenters. The molecule has 0 saturated heterocycles. The predicted octanol–water partition coefficient (Wildman–Crippen LogP) is 4.33. The Bertz CT molecular complexity index is 898. The van der Waals surface area contributed by atoms with Gasteiger partial charge in [-0.2, -0.15) is 5.10 Å². The molecule has 1 N–H and O–H groups in total. The number of carbonyl (C=O) groups is 1. The number of hydrogen-bond acceptors (Lipinski definition) is 2. The number of anilines is 1. The SMILES string of the molecule is Cn1nc(C2CC(F)(F)C2)c(-c2ccc(F)cc2)c1NC(=O)[C@@H]1CC1(F)F. The molecule has 2 fully saturated rings. The molecule has 2 saturated carbocycles. The molecular formula is C18H16F5N3O. The third-order valence-electron chi connectivity index (χ3n) is 5.07. The van der Waals surface area contributed by atoms with Crippen molar-refractivity contribution >= 4 is 11.7 Å². The van der Waals surface area contributed by atoms with E-state index in [2.05, 4.69) is 10.4 Å². The third-order valence-corrected chi connectivity index (χ3v) is 5.07. The molecule has 2 aliphatic carbocycles. The normalized spacial score (nSPS) is 23.0. The molecule has 1 atom stereocenters. The summed E-state index contributed by atoms with van der Waals surface area (Å²) >= 11 is 0. The Balaban J connectivity index is 1.72. The second-order valence-corrected chi connectivity index (χ2v) is 7.21. The summed E-state index contributed by atoms with van der Waals surface area (Å²) in [6.07, 6.45) is -1.29. The minimum Gasteiger partial charge on any atom is -0.310 e. The van der Waals surface area contributed by atoms with Crippen molar-refractivity contribution in [1.29, 1.82) is 0 Å². The van der Waals surface area contributed by atoms with Crippen LogP contribution in [0.1, 0.15) is 30.9 Å². The quantitative estimate of drug-likeness (QED) is 0.797. The Kier molecular flexibility index (Phi) is 3.83. The van der Waals surface area contributed by atoms with Gasteiger partial charge in [-0.25, -0.2) is 22.0 Å². The average molecular weight is 385 g/mol. The first-order chi connectivity index (χ1) is 12.6. The zero-order valence-corrected chi connectivity index (χ0v) is 14.3. The number of nitrogens with zero attached hydrogens (tertiary/aromatic N) is 2. The van der Waals surface area contributed by atoms with Crippen LogP contribution in [0.15, 0.2) is 24.3 Å². The van der Waals surface area contributed by atoms with Crippen LogP contribution in [0.2, 0.25) is 0 Å². The van der Waals surface area contributed by atoms with Gasteiger partial charge < -0.3 is 5.32 Å². The molecule has 1 amide bonds.